The quantitative estimate of drug-likeness (QED) is 0.687. The van der Waals surface area contributed by atoms with Gasteiger partial charge >= 0.3 is 0 Å². The summed E-state index contributed by atoms with van der Waals surface area (Å²) < 4.78 is 1.56. The average Bonchev–Trinajstić information content (AvgIpc) is 2.70. The highest BCUT2D eigenvalue weighted by atomic mass is 35.5. The molecule has 0 saturated heterocycles. The molecule has 4 nitrogen and oxygen atoms in total. The van der Waals surface area contributed by atoms with Crippen LogP contribution in [0.2, 0.25) is 5.02 Å². The summed E-state index contributed by atoms with van der Waals surface area (Å²) in [5, 5.41) is 0.652. The monoisotopic (exact) mass is 378 g/mol. The number of halogens is 1. The Kier molecular flexibility index (Phi) is 4.82. The average molecular weight is 379 g/mol. The molecule has 4 rings (SSSR count). The summed E-state index contributed by atoms with van der Waals surface area (Å²) in [5.74, 6) is -0.238. The molecule has 0 atom stereocenters. The number of aromatic nitrogens is 1. The van der Waals surface area contributed by atoms with E-state index >= 15 is 0 Å². The van der Waals surface area contributed by atoms with Crippen LogP contribution in [0, 0.1) is 0 Å². The zero-order valence-electron chi connectivity index (χ0n) is 14.8. The standard InChI is InChI=1S/C22H19ClN2O2/c23-18-11-9-16(10-12-18)15-24-13-4-7-19(21(24)26)22(27)25-14-3-6-17-5-1-2-8-20(17)25/h1-2,4-5,7-13H,3,6,14-15H2. The van der Waals surface area contributed by atoms with Crippen LogP contribution in [0.1, 0.15) is 27.9 Å². The van der Waals surface area contributed by atoms with Crippen LogP contribution in [0.15, 0.2) is 71.7 Å². The number of fused-ring (bicyclic) bond motifs is 1. The van der Waals surface area contributed by atoms with Crippen LogP contribution in [0.3, 0.4) is 0 Å². The molecule has 0 spiro atoms. The number of para-hydroxylation sites is 1. The first-order chi connectivity index (χ1) is 13.1. The zero-order chi connectivity index (χ0) is 18.8. The van der Waals surface area contributed by atoms with Gasteiger partial charge in [0.05, 0.1) is 6.54 Å². The highest BCUT2D eigenvalue weighted by molar-refractivity contribution is 6.30. The number of carbonyl (C=O) groups excluding carboxylic acids is 1. The Morgan fingerprint density at radius 2 is 1.78 bits per heavy atom. The number of carbonyl (C=O) groups is 1. The van der Waals surface area contributed by atoms with Crippen molar-refractivity contribution in [1.82, 2.24) is 4.57 Å². The van der Waals surface area contributed by atoms with Gasteiger partial charge in [-0.1, -0.05) is 41.9 Å². The fourth-order valence-corrected chi connectivity index (χ4v) is 3.63. The Labute approximate surface area is 162 Å². The van der Waals surface area contributed by atoms with Crippen LogP contribution in [-0.4, -0.2) is 17.0 Å². The van der Waals surface area contributed by atoms with Crippen molar-refractivity contribution in [3.05, 3.63) is 98.9 Å². The van der Waals surface area contributed by atoms with E-state index < -0.39 is 0 Å². The smallest absolute Gasteiger partial charge is 0.263 e. The number of pyridine rings is 1. The molecule has 0 fully saturated rings. The summed E-state index contributed by atoms with van der Waals surface area (Å²) >= 11 is 5.92. The Balaban J connectivity index is 1.66. The second kappa shape index (κ2) is 7.41. The molecule has 5 heteroatoms. The van der Waals surface area contributed by atoms with Gasteiger partial charge in [-0.3, -0.25) is 9.59 Å². The van der Waals surface area contributed by atoms with Crippen LogP contribution < -0.4 is 10.5 Å². The van der Waals surface area contributed by atoms with Crippen molar-refractivity contribution in [1.29, 1.82) is 0 Å². The second-order valence-electron chi connectivity index (χ2n) is 6.67. The number of anilines is 1. The first-order valence-corrected chi connectivity index (χ1v) is 9.35. The Hall–Kier alpha value is -2.85. The molecule has 0 unspecified atom stereocenters. The fraction of sp³-hybridized carbons (Fsp3) is 0.182. The van der Waals surface area contributed by atoms with E-state index in [-0.39, 0.29) is 17.0 Å². The van der Waals surface area contributed by atoms with Crippen LogP contribution in [0.25, 0.3) is 0 Å². The van der Waals surface area contributed by atoms with Gasteiger partial charge in [-0.2, -0.15) is 0 Å². The lowest BCUT2D eigenvalue weighted by atomic mass is 10.0. The van der Waals surface area contributed by atoms with Crippen molar-refractivity contribution < 1.29 is 4.79 Å². The van der Waals surface area contributed by atoms with Crippen LogP contribution in [0.5, 0.6) is 0 Å². The molecule has 0 radical (unpaired) electrons. The minimum atomic E-state index is -0.277. The number of hydrogen-bond donors (Lipinski definition) is 0. The molecule has 1 aromatic heterocycles. The highest BCUT2D eigenvalue weighted by Crippen LogP contribution is 2.27. The molecule has 0 N–H and O–H groups in total. The van der Waals surface area contributed by atoms with Gasteiger partial charge in [-0.05, 0) is 54.3 Å². The summed E-state index contributed by atoms with van der Waals surface area (Å²) in [5.41, 5.74) is 2.92. The van der Waals surface area contributed by atoms with E-state index in [1.54, 1.807) is 39.9 Å². The van der Waals surface area contributed by atoms with Crippen LogP contribution >= 0.6 is 11.6 Å². The first-order valence-electron chi connectivity index (χ1n) is 8.97. The fourth-order valence-electron chi connectivity index (χ4n) is 3.50. The number of benzene rings is 2. The lowest BCUT2D eigenvalue weighted by Gasteiger charge is -2.29. The molecule has 2 heterocycles. The van der Waals surface area contributed by atoms with Gasteiger partial charge in [0.1, 0.15) is 5.56 Å². The number of amides is 1. The molecule has 1 amide bonds. The molecule has 3 aromatic rings. The number of nitrogens with zero attached hydrogens (tertiary/aromatic N) is 2. The van der Waals surface area contributed by atoms with Gasteiger partial charge in [-0.25, -0.2) is 0 Å². The summed E-state index contributed by atoms with van der Waals surface area (Å²) in [7, 11) is 0. The molecule has 0 bridgehead atoms. The van der Waals surface area contributed by atoms with Gasteiger partial charge in [0.15, 0.2) is 0 Å². The van der Waals surface area contributed by atoms with Gasteiger partial charge < -0.3 is 9.47 Å². The predicted octanol–water partition coefficient (Wildman–Crippen LogP) is 4.14. The maximum Gasteiger partial charge on any atom is 0.263 e. The maximum absolute atomic E-state index is 13.1. The van der Waals surface area contributed by atoms with E-state index in [2.05, 4.69) is 0 Å². The topological polar surface area (TPSA) is 42.3 Å². The minimum Gasteiger partial charge on any atom is -0.310 e. The van der Waals surface area contributed by atoms with Crippen molar-refractivity contribution in [2.24, 2.45) is 0 Å². The number of aryl methyl sites for hydroxylation is 1. The van der Waals surface area contributed by atoms with Crippen molar-refractivity contribution in [2.75, 3.05) is 11.4 Å². The zero-order valence-corrected chi connectivity index (χ0v) is 15.5. The lowest BCUT2D eigenvalue weighted by molar-refractivity contribution is 0.0983. The van der Waals surface area contributed by atoms with E-state index in [1.165, 1.54) is 0 Å². The number of rotatable bonds is 3. The van der Waals surface area contributed by atoms with Gasteiger partial charge in [0.25, 0.3) is 11.5 Å². The highest BCUT2D eigenvalue weighted by Gasteiger charge is 2.25. The predicted molar refractivity (Wildman–Crippen MR) is 108 cm³/mol. The van der Waals surface area contributed by atoms with Crippen LogP contribution in [0.4, 0.5) is 5.69 Å². The molecule has 0 aliphatic carbocycles. The number of hydrogen-bond acceptors (Lipinski definition) is 2. The SMILES string of the molecule is O=C(c1cccn(Cc2ccc(Cl)cc2)c1=O)N1CCCc2ccccc21. The van der Waals surface area contributed by atoms with Crippen molar-refractivity contribution in [3.63, 3.8) is 0 Å². The van der Waals surface area contributed by atoms with Crippen LogP contribution in [-0.2, 0) is 13.0 Å². The van der Waals surface area contributed by atoms with E-state index in [0.717, 1.165) is 29.7 Å². The van der Waals surface area contributed by atoms with E-state index in [9.17, 15) is 9.59 Å². The minimum absolute atomic E-state index is 0.197. The van der Waals surface area contributed by atoms with Crippen molar-refractivity contribution >= 4 is 23.2 Å². The molecule has 1 aliphatic rings. The van der Waals surface area contributed by atoms with Crippen molar-refractivity contribution in [3.8, 4) is 0 Å². The normalized spacial score (nSPS) is 13.3. The molecule has 27 heavy (non-hydrogen) atoms. The largest absolute Gasteiger partial charge is 0.310 e. The Bertz CT molecular complexity index is 1040. The van der Waals surface area contributed by atoms with E-state index in [4.69, 9.17) is 11.6 Å². The molecular weight excluding hydrogens is 360 g/mol. The second-order valence-corrected chi connectivity index (χ2v) is 7.11. The van der Waals surface area contributed by atoms with E-state index in [0.29, 0.717) is 18.1 Å². The third-order valence-electron chi connectivity index (χ3n) is 4.87. The third kappa shape index (κ3) is 3.53. The summed E-state index contributed by atoms with van der Waals surface area (Å²) in [6, 6.07) is 18.6. The molecule has 1 aliphatic heterocycles. The third-order valence-corrected chi connectivity index (χ3v) is 5.12. The summed E-state index contributed by atoms with van der Waals surface area (Å²) in [6.45, 7) is 1.02. The summed E-state index contributed by atoms with van der Waals surface area (Å²) in [6.07, 6.45) is 3.56. The van der Waals surface area contributed by atoms with E-state index in [1.807, 2.05) is 36.4 Å². The lowest BCUT2D eigenvalue weighted by Crippen LogP contribution is -2.39. The van der Waals surface area contributed by atoms with Crippen molar-refractivity contribution in [2.45, 2.75) is 19.4 Å². The maximum atomic E-state index is 13.1. The van der Waals surface area contributed by atoms with Gasteiger partial charge in [0, 0.05) is 23.5 Å². The summed E-state index contributed by atoms with van der Waals surface area (Å²) in [4.78, 5) is 27.8. The van der Waals surface area contributed by atoms with Gasteiger partial charge in [-0.15, -0.1) is 0 Å². The molecular formula is C22H19ClN2O2. The molecule has 136 valence electrons. The molecule has 2 aromatic carbocycles. The Morgan fingerprint density at radius 1 is 1.00 bits per heavy atom. The molecule has 0 saturated carbocycles. The first kappa shape index (κ1) is 17.6. The Morgan fingerprint density at radius 3 is 2.59 bits per heavy atom. The van der Waals surface area contributed by atoms with Gasteiger partial charge in [0.2, 0.25) is 0 Å².